The maximum atomic E-state index is 12.6. The molecule has 22 heavy (non-hydrogen) atoms. The SMILES string of the molecule is COc1ccc(C(=O)N2CCCC(c3nnnn3C)C2)cc1. The summed E-state index contributed by atoms with van der Waals surface area (Å²) in [6, 6.07) is 7.21. The summed E-state index contributed by atoms with van der Waals surface area (Å²) in [6.45, 7) is 1.42. The molecule has 0 aliphatic carbocycles. The Balaban J connectivity index is 1.73. The second kappa shape index (κ2) is 6.13. The molecule has 7 heteroatoms. The molecule has 7 nitrogen and oxygen atoms in total. The van der Waals surface area contributed by atoms with E-state index in [1.807, 2.05) is 11.9 Å². The van der Waals surface area contributed by atoms with Crippen LogP contribution in [0.15, 0.2) is 24.3 Å². The van der Waals surface area contributed by atoms with Crippen molar-refractivity contribution in [1.29, 1.82) is 0 Å². The van der Waals surface area contributed by atoms with Crippen LogP contribution >= 0.6 is 0 Å². The van der Waals surface area contributed by atoms with Gasteiger partial charge in [0.2, 0.25) is 0 Å². The number of hydrogen-bond acceptors (Lipinski definition) is 5. The largest absolute Gasteiger partial charge is 0.497 e. The average Bonchev–Trinajstić information content (AvgIpc) is 3.00. The summed E-state index contributed by atoms with van der Waals surface area (Å²) in [7, 11) is 3.45. The van der Waals surface area contributed by atoms with Crippen LogP contribution in [0.3, 0.4) is 0 Å². The lowest BCUT2D eigenvalue weighted by Gasteiger charge is -2.32. The third-order valence-corrected chi connectivity index (χ3v) is 4.06. The first kappa shape index (κ1) is 14.5. The Morgan fingerprint density at radius 2 is 2.09 bits per heavy atom. The van der Waals surface area contributed by atoms with Crippen LogP contribution in [0.4, 0.5) is 0 Å². The minimum absolute atomic E-state index is 0.0440. The van der Waals surface area contributed by atoms with Crippen molar-refractivity contribution in [3.63, 3.8) is 0 Å². The van der Waals surface area contributed by atoms with E-state index in [0.29, 0.717) is 12.1 Å². The molecular formula is C15H19N5O2. The molecule has 0 spiro atoms. The number of methoxy groups -OCH3 is 1. The zero-order chi connectivity index (χ0) is 15.5. The Morgan fingerprint density at radius 3 is 2.73 bits per heavy atom. The van der Waals surface area contributed by atoms with Gasteiger partial charge in [-0.15, -0.1) is 5.10 Å². The molecule has 116 valence electrons. The predicted molar refractivity (Wildman–Crippen MR) is 79.7 cm³/mol. The van der Waals surface area contributed by atoms with Crippen LogP contribution in [0.5, 0.6) is 5.75 Å². The quantitative estimate of drug-likeness (QED) is 0.853. The number of aromatic nitrogens is 4. The van der Waals surface area contributed by atoms with E-state index in [9.17, 15) is 4.79 Å². The van der Waals surface area contributed by atoms with Crippen LogP contribution in [-0.2, 0) is 7.05 Å². The predicted octanol–water partition coefficient (Wildman–Crippen LogP) is 1.24. The number of tetrazole rings is 1. The molecule has 0 N–H and O–H groups in total. The van der Waals surface area contributed by atoms with Gasteiger partial charge in [0.1, 0.15) is 5.75 Å². The molecule has 1 unspecified atom stereocenters. The summed E-state index contributed by atoms with van der Waals surface area (Å²) in [5, 5.41) is 11.6. The van der Waals surface area contributed by atoms with Crippen molar-refractivity contribution in [2.24, 2.45) is 7.05 Å². The van der Waals surface area contributed by atoms with Gasteiger partial charge in [-0.1, -0.05) is 0 Å². The molecule has 1 aliphatic rings. The fourth-order valence-electron chi connectivity index (χ4n) is 2.87. The van der Waals surface area contributed by atoms with Gasteiger partial charge in [0.05, 0.1) is 7.11 Å². The van der Waals surface area contributed by atoms with Crippen molar-refractivity contribution >= 4 is 5.91 Å². The van der Waals surface area contributed by atoms with Gasteiger partial charge in [-0.25, -0.2) is 4.68 Å². The number of amides is 1. The van der Waals surface area contributed by atoms with Crippen molar-refractivity contribution in [3.05, 3.63) is 35.7 Å². The van der Waals surface area contributed by atoms with E-state index in [2.05, 4.69) is 15.5 Å². The van der Waals surface area contributed by atoms with Gasteiger partial charge < -0.3 is 9.64 Å². The van der Waals surface area contributed by atoms with Crippen LogP contribution in [0.25, 0.3) is 0 Å². The molecule has 0 radical (unpaired) electrons. The Bertz CT molecular complexity index is 652. The van der Waals surface area contributed by atoms with Crippen molar-refractivity contribution in [2.75, 3.05) is 20.2 Å². The summed E-state index contributed by atoms with van der Waals surface area (Å²) < 4.78 is 6.81. The number of carbonyl (C=O) groups is 1. The Kier molecular flexibility index (Phi) is 4.04. The molecule has 1 aliphatic heterocycles. The highest BCUT2D eigenvalue weighted by Crippen LogP contribution is 2.26. The topological polar surface area (TPSA) is 73.1 Å². The molecule has 1 fully saturated rings. The minimum atomic E-state index is 0.0440. The fraction of sp³-hybridized carbons (Fsp3) is 0.467. The van der Waals surface area contributed by atoms with Crippen LogP contribution in [0, 0.1) is 0 Å². The minimum Gasteiger partial charge on any atom is -0.497 e. The highest BCUT2D eigenvalue weighted by atomic mass is 16.5. The molecule has 2 aromatic rings. The van der Waals surface area contributed by atoms with Gasteiger partial charge in [-0.05, 0) is 47.5 Å². The first-order chi connectivity index (χ1) is 10.7. The van der Waals surface area contributed by atoms with Crippen molar-refractivity contribution in [2.45, 2.75) is 18.8 Å². The Hall–Kier alpha value is -2.44. The van der Waals surface area contributed by atoms with Gasteiger partial charge in [0.15, 0.2) is 5.82 Å². The normalized spacial score (nSPS) is 18.3. The summed E-state index contributed by atoms with van der Waals surface area (Å²) >= 11 is 0. The average molecular weight is 301 g/mol. The second-order valence-electron chi connectivity index (χ2n) is 5.48. The first-order valence-corrected chi connectivity index (χ1v) is 7.34. The lowest BCUT2D eigenvalue weighted by atomic mass is 9.96. The number of hydrogen-bond donors (Lipinski definition) is 0. The van der Waals surface area contributed by atoms with E-state index in [0.717, 1.165) is 31.0 Å². The Morgan fingerprint density at radius 1 is 1.32 bits per heavy atom. The van der Waals surface area contributed by atoms with Crippen LogP contribution in [0.2, 0.25) is 0 Å². The van der Waals surface area contributed by atoms with Gasteiger partial charge in [0.25, 0.3) is 5.91 Å². The third kappa shape index (κ3) is 2.79. The zero-order valence-electron chi connectivity index (χ0n) is 12.8. The number of ether oxygens (including phenoxy) is 1. The highest BCUT2D eigenvalue weighted by molar-refractivity contribution is 5.94. The highest BCUT2D eigenvalue weighted by Gasteiger charge is 2.28. The van der Waals surface area contributed by atoms with Gasteiger partial charge in [0, 0.05) is 31.6 Å². The number of benzene rings is 1. The number of likely N-dealkylation sites (tertiary alicyclic amines) is 1. The number of nitrogens with zero attached hydrogens (tertiary/aromatic N) is 5. The summed E-state index contributed by atoms with van der Waals surface area (Å²) in [4.78, 5) is 14.5. The van der Waals surface area contributed by atoms with E-state index in [-0.39, 0.29) is 11.8 Å². The van der Waals surface area contributed by atoms with Crippen LogP contribution in [0.1, 0.15) is 34.9 Å². The van der Waals surface area contributed by atoms with Crippen molar-refractivity contribution in [1.82, 2.24) is 25.1 Å². The van der Waals surface area contributed by atoms with Crippen molar-refractivity contribution < 1.29 is 9.53 Å². The molecular weight excluding hydrogens is 282 g/mol. The smallest absolute Gasteiger partial charge is 0.253 e. The summed E-state index contributed by atoms with van der Waals surface area (Å²) in [6.07, 6.45) is 1.96. The second-order valence-corrected chi connectivity index (χ2v) is 5.48. The van der Waals surface area contributed by atoms with E-state index in [1.165, 1.54) is 0 Å². The zero-order valence-corrected chi connectivity index (χ0v) is 12.8. The molecule has 1 amide bonds. The van der Waals surface area contributed by atoms with Gasteiger partial charge in [-0.3, -0.25) is 4.79 Å². The maximum absolute atomic E-state index is 12.6. The molecule has 1 saturated heterocycles. The molecule has 0 bridgehead atoms. The third-order valence-electron chi connectivity index (χ3n) is 4.06. The molecule has 1 aromatic carbocycles. The molecule has 0 saturated carbocycles. The summed E-state index contributed by atoms with van der Waals surface area (Å²) in [5.41, 5.74) is 0.678. The number of rotatable bonds is 3. The fourth-order valence-corrected chi connectivity index (χ4v) is 2.87. The van der Waals surface area contributed by atoms with E-state index >= 15 is 0 Å². The standard InChI is InChI=1S/C15H19N5O2/c1-19-14(16-17-18-19)12-4-3-9-20(10-12)15(21)11-5-7-13(22-2)8-6-11/h5-8,12H,3-4,9-10H2,1-2H3. The number of piperidine rings is 1. The Labute approximate surface area is 128 Å². The van der Waals surface area contributed by atoms with Gasteiger partial charge >= 0.3 is 0 Å². The van der Waals surface area contributed by atoms with E-state index in [1.54, 1.807) is 36.1 Å². The molecule has 1 atom stereocenters. The van der Waals surface area contributed by atoms with E-state index < -0.39 is 0 Å². The lowest BCUT2D eigenvalue weighted by molar-refractivity contribution is 0.0703. The molecule has 3 rings (SSSR count). The number of carbonyl (C=O) groups excluding carboxylic acids is 1. The first-order valence-electron chi connectivity index (χ1n) is 7.34. The van der Waals surface area contributed by atoms with E-state index in [4.69, 9.17) is 4.74 Å². The van der Waals surface area contributed by atoms with Crippen LogP contribution in [-0.4, -0.2) is 51.2 Å². The lowest BCUT2D eigenvalue weighted by Crippen LogP contribution is -2.39. The monoisotopic (exact) mass is 301 g/mol. The summed E-state index contributed by atoms with van der Waals surface area (Å²) in [5.74, 6) is 1.82. The number of aryl methyl sites for hydroxylation is 1. The van der Waals surface area contributed by atoms with Crippen LogP contribution < -0.4 is 4.74 Å². The maximum Gasteiger partial charge on any atom is 0.253 e. The van der Waals surface area contributed by atoms with Gasteiger partial charge in [-0.2, -0.15) is 0 Å². The molecule has 1 aromatic heterocycles. The van der Waals surface area contributed by atoms with Crippen molar-refractivity contribution in [3.8, 4) is 5.75 Å². The molecule has 2 heterocycles.